The van der Waals surface area contributed by atoms with Crippen LogP contribution in [0, 0.1) is 5.41 Å². The maximum absolute atomic E-state index is 12.4. The molecule has 1 aliphatic heterocycles. The zero-order chi connectivity index (χ0) is 14.0. The number of benzene rings is 1. The average Bonchev–Trinajstić information content (AvgIpc) is 3.30. The number of ether oxygens (including phenoxy) is 1. The van der Waals surface area contributed by atoms with Crippen LogP contribution in [0.3, 0.4) is 0 Å². The standard InChI is InChI=1S/C16H22N2O2/c17-12-16(8-9-16)15(19)18-10-6-14(7-11-18)20-13-4-2-1-3-5-13/h1-5,14H,6-12,17H2. The van der Waals surface area contributed by atoms with Crippen LogP contribution in [0.5, 0.6) is 5.75 Å². The molecule has 2 aliphatic rings. The Balaban J connectivity index is 1.51. The van der Waals surface area contributed by atoms with E-state index in [-0.39, 0.29) is 17.4 Å². The maximum Gasteiger partial charge on any atom is 0.230 e. The van der Waals surface area contributed by atoms with Crippen LogP contribution >= 0.6 is 0 Å². The highest BCUT2D eigenvalue weighted by Gasteiger charge is 2.50. The number of carbonyl (C=O) groups excluding carboxylic acids is 1. The third kappa shape index (κ3) is 2.66. The average molecular weight is 274 g/mol. The van der Waals surface area contributed by atoms with Gasteiger partial charge in [-0.05, 0) is 25.0 Å². The van der Waals surface area contributed by atoms with Gasteiger partial charge in [0.2, 0.25) is 5.91 Å². The van der Waals surface area contributed by atoms with E-state index in [1.165, 1.54) is 0 Å². The second-order valence-electron chi connectivity index (χ2n) is 5.91. The summed E-state index contributed by atoms with van der Waals surface area (Å²) >= 11 is 0. The molecule has 1 heterocycles. The van der Waals surface area contributed by atoms with E-state index in [0.29, 0.717) is 6.54 Å². The maximum atomic E-state index is 12.4. The van der Waals surface area contributed by atoms with E-state index in [9.17, 15) is 4.79 Å². The van der Waals surface area contributed by atoms with Crippen molar-refractivity contribution in [3.8, 4) is 5.75 Å². The lowest BCUT2D eigenvalue weighted by molar-refractivity contribution is -0.138. The number of hydrogen-bond donors (Lipinski definition) is 1. The molecule has 0 radical (unpaired) electrons. The molecule has 0 unspecified atom stereocenters. The number of nitrogens with two attached hydrogens (primary N) is 1. The van der Waals surface area contributed by atoms with Crippen molar-refractivity contribution in [3.05, 3.63) is 30.3 Å². The van der Waals surface area contributed by atoms with Gasteiger partial charge in [0.15, 0.2) is 0 Å². The Hall–Kier alpha value is -1.55. The van der Waals surface area contributed by atoms with Crippen LogP contribution in [-0.2, 0) is 4.79 Å². The Morgan fingerprint density at radius 2 is 1.90 bits per heavy atom. The van der Waals surface area contributed by atoms with E-state index in [2.05, 4.69) is 0 Å². The van der Waals surface area contributed by atoms with Crippen molar-refractivity contribution in [2.24, 2.45) is 11.1 Å². The highest BCUT2D eigenvalue weighted by atomic mass is 16.5. The van der Waals surface area contributed by atoms with Crippen molar-refractivity contribution in [3.63, 3.8) is 0 Å². The van der Waals surface area contributed by atoms with Crippen LogP contribution in [0.2, 0.25) is 0 Å². The number of nitrogens with zero attached hydrogens (tertiary/aromatic N) is 1. The molecule has 1 aliphatic carbocycles. The molecule has 0 aromatic heterocycles. The van der Waals surface area contributed by atoms with Gasteiger partial charge < -0.3 is 15.4 Å². The zero-order valence-corrected chi connectivity index (χ0v) is 11.8. The van der Waals surface area contributed by atoms with Gasteiger partial charge >= 0.3 is 0 Å². The monoisotopic (exact) mass is 274 g/mol. The molecular weight excluding hydrogens is 252 g/mol. The number of amides is 1. The van der Waals surface area contributed by atoms with Gasteiger partial charge in [0.25, 0.3) is 0 Å². The van der Waals surface area contributed by atoms with E-state index >= 15 is 0 Å². The largest absolute Gasteiger partial charge is 0.490 e. The molecule has 3 rings (SSSR count). The molecule has 0 atom stereocenters. The SMILES string of the molecule is NCC1(C(=O)N2CCC(Oc3ccccc3)CC2)CC1. The molecule has 1 saturated heterocycles. The summed E-state index contributed by atoms with van der Waals surface area (Å²) in [5.74, 6) is 1.18. The van der Waals surface area contributed by atoms with E-state index in [0.717, 1.165) is 44.5 Å². The predicted octanol–water partition coefficient (Wildman–Crippen LogP) is 1.80. The van der Waals surface area contributed by atoms with Crippen molar-refractivity contribution in [2.45, 2.75) is 31.8 Å². The molecule has 4 nitrogen and oxygen atoms in total. The summed E-state index contributed by atoms with van der Waals surface area (Å²) in [6.45, 7) is 2.07. The highest BCUT2D eigenvalue weighted by Crippen LogP contribution is 2.46. The van der Waals surface area contributed by atoms with Crippen molar-refractivity contribution in [2.75, 3.05) is 19.6 Å². The minimum atomic E-state index is -0.215. The van der Waals surface area contributed by atoms with Crippen molar-refractivity contribution < 1.29 is 9.53 Å². The lowest BCUT2D eigenvalue weighted by Crippen LogP contribution is -2.46. The number of carbonyl (C=O) groups is 1. The second kappa shape index (κ2) is 5.44. The Kier molecular flexibility index (Phi) is 3.66. The van der Waals surface area contributed by atoms with Gasteiger partial charge in [-0.25, -0.2) is 0 Å². The predicted molar refractivity (Wildman–Crippen MR) is 77.4 cm³/mol. The van der Waals surface area contributed by atoms with Gasteiger partial charge in [-0.3, -0.25) is 4.79 Å². The van der Waals surface area contributed by atoms with Crippen LogP contribution in [0.1, 0.15) is 25.7 Å². The number of piperidine rings is 1. The summed E-state index contributed by atoms with van der Waals surface area (Å²) < 4.78 is 5.95. The Morgan fingerprint density at radius 1 is 1.25 bits per heavy atom. The summed E-state index contributed by atoms with van der Waals surface area (Å²) in [5.41, 5.74) is 5.52. The number of likely N-dealkylation sites (tertiary alicyclic amines) is 1. The molecule has 2 N–H and O–H groups in total. The van der Waals surface area contributed by atoms with Gasteiger partial charge in [-0.15, -0.1) is 0 Å². The first-order valence-electron chi connectivity index (χ1n) is 7.45. The molecule has 1 aromatic carbocycles. The van der Waals surface area contributed by atoms with Gasteiger partial charge in [-0.1, -0.05) is 18.2 Å². The Morgan fingerprint density at radius 3 is 2.45 bits per heavy atom. The van der Waals surface area contributed by atoms with Gasteiger partial charge in [-0.2, -0.15) is 0 Å². The first kappa shape index (κ1) is 13.4. The highest BCUT2D eigenvalue weighted by molar-refractivity contribution is 5.85. The van der Waals surface area contributed by atoms with Gasteiger partial charge in [0.05, 0.1) is 5.41 Å². The molecule has 0 bridgehead atoms. The molecule has 4 heteroatoms. The van der Waals surface area contributed by atoms with Gasteiger partial charge in [0, 0.05) is 32.5 Å². The molecular formula is C16H22N2O2. The van der Waals surface area contributed by atoms with Crippen LogP contribution in [0.25, 0.3) is 0 Å². The van der Waals surface area contributed by atoms with Crippen LogP contribution < -0.4 is 10.5 Å². The van der Waals surface area contributed by atoms with E-state index < -0.39 is 0 Å². The summed E-state index contributed by atoms with van der Waals surface area (Å²) in [4.78, 5) is 14.4. The molecule has 1 amide bonds. The van der Waals surface area contributed by atoms with Crippen LogP contribution in [0.15, 0.2) is 30.3 Å². The van der Waals surface area contributed by atoms with Crippen molar-refractivity contribution in [1.29, 1.82) is 0 Å². The Bertz CT molecular complexity index is 463. The number of rotatable bonds is 4. The quantitative estimate of drug-likeness (QED) is 0.911. The summed E-state index contributed by atoms with van der Waals surface area (Å²) in [6.07, 6.45) is 3.95. The minimum absolute atomic E-state index is 0.215. The smallest absolute Gasteiger partial charge is 0.230 e. The van der Waals surface area contributed by atoms with E-state index in [1.54, 1.807) is 0 Å². The third-order valence-corrected chi connectivity index (χ3v) is 4.47. The summed E-state index contributed by atoms with van der Waals surface area (Å²) in [6, 6.07) is 9.89. The normalized spacial score (nSPS) is 21.6. The third-order valence-electron chi connectivity index (χ3n) is 4.47. The first-order valence-corrected chi connectivity index (χ1v) is 7.45. The fourth-order valence-corrected chi connectivity index (χ4v) is 2.86. The van der Waals surface area contributed by atoms with E-state index in [1.807, 2.05) is 35.2 Å². The number of hydrogen-bond acceptors (Lipinski definition) is 3. The fourth-order valence-electron chi connectivity index (χ4n) is 2.86. The molecule has 2 fully saturated rings. The molecule has 20 heavy (non-hydrogen) atoms. The second-order valence-corrected chi connectivity index (χ2v) is 5.91. The molecule has 1 aromatic rings. The lowest BCUT2D eigenvalue weighted by Gasteiger charge is -2.34. The zero-order valence-electron chi connectivity index (χ0n) is 11.8. The summed E-state index contributed by atoms with van der Waals surface area (Å²) in [5, 5.41) is 0. The lowest BCUT2D eigenvalue weighted by atomic mass is 10.0. The summed E-state index contributed by atoms with van der Waals surface area (Å²) in [7, 11) is 0. The van der Waals surface area contributed by atoms with E-state index in [4.69, 9.17) is 10.5 Å². The molecule has 1 saturated carbocycles. The van der Waals surface area contributed by atoms with Crippen LogP contribution in [0.4, 0.5) is 0 Å². The minimum Gasteiger partial charge on any atom is -0.490 e. The van der Waals surface area contributed by atoms with Crippen molar-refractivity contribution in [1.82, 2.24) is 4.90 Å². The molecule has 0 spiro atoms. The van der Waals surface area contributed by atoms with Crippen molar-refractivity contribution >= 4 is 5.91 Å². The van der Waals surface area contributed by atoms with Gasteiger partial charge in [0.1, 0.15) is 11.9 Å². The Labute approximate surface area is 119 Å². The first-order chi connectivity index (χ1) is 9.73. The number of para-hydroxylation sites is 1. The van der Waals surface area contributed by atoms with Crippen LogP contribution in [-0.4, -0.2) is 36.5 Å². The topological polar surface area (TPSA) is 55.6 Å². The fraction of sp³-hybridized carbons (Fsp3) is 0.562. The molecule has 108 valence electrons.